The van der Waals surface area contributed by atoms with Crippen LogP contribution in [0.25, 0.3) is 0 Å². The van der Waals surface area contributed by atoms with E-state index in [1.165, 1.54) is 0 Å². The first-order valence-electron chi connectivity index (χ1n) is 40.1. The minimum atomic E-state index is -5.72. The fraction of sp³-hybridized carbons (Fsp3) is 1.00. The van der Waals surface area contributed by atoms with E-state index < -0.39 is 205 Å². The van der Waals surface area contributed by atoms with Crippen LogP contribution in [0.4, 0.5) is 0 Å². The van der Waals surface area contributed by atoms with Crippen LogP contribution < -0.4 is 0 Å². The lowest BCUT2D eigenvalue weighted by molar-refractivity contribution is 0.513. The van der Waals surface area contributed by atoms with Crippen LogP contribution in [-0.2, 0) is 0 Å². The van der Waals surface area contributed by atoms with E-state index in [1.54, 1.807) is 0 Å². The van der Waals surface area contributed by atoms with Crippen molar-refractivity contribution in [2.75, 3.05) is 0 Å². The van der Waals surface area contributed by atoms with Crippen LogP contribution in [0.5, 0.6) is 0 Å². The summed E-state index contributed by atoms with van der Waals surface area (Å²) in [6, 6.07) is 0. The summed E-state index contributed by atoms with van der Waals surface area (Å²) in [6.07, 6.45) is -161. The van der Waals surface area contributed by atoms with Gasteiger partial charge in [-0.15, -0.1) is 0 Å². The quantitative estimate of drug-likeness (QED) is 0.0930. The average molecular weight is 515 g/mol. The molecule has 0 aliphatic heterocycles. The van der Waals surface area contributed by atoms with Crippen LogP contribution in [-0.4, -0.2) is 0 Å². The third kappa shape index (κ3) is 30.0. The molecule has 0 aromatic rings. The number of hydrogen-bond donors (Lipinski definition) is 0. The van der Waals surface area contributed by atoms with E-state index in [0.29, 0.717) is 0 Å². The normalized spacial score (nSPS) is 54.9. The van der Waals surface area contributed by atoms with Crippen molar-refractivity contribution in [3.05, 3.63) is 0 Å². The van der Waals surface area contributed by atoms with Crippen molar-refractivity contribution < 1.29 is 87.7 Å². The molecule has 194 valence electrons. The topological polar surface area (TPSA) is 0 Å². The van der Waals surface area contributed by atoms with Crippen LogP contribution in [0, 0.1) is 0 Å². The Morgan fingerprint density at radius 3 is 0.656 bits per heavy atom. The molecule has 0 aliphatic rings. The van der Waals surface area contributed by atoms with Crippen molar-refractivity contribution in [3.63, 3.8) is 0 Å². The summed E-state index contributed by atoms with van der Waals surface area (Å²) in [5.74, 6) is 0. The van der Waals surface area contributed by atoms with Gasteiger partial charge in [0.25, 0.3) is 0 Å². The van der Waals surface area contributed by atoms with E-state index in [2.05, 4.69) is 0 Å². The Bertz CT molecular complexity index is 2780. The van der Waals surface area contributed by atoms with Gasteiger partial charge in [0.05, 0.1) is 0 Å². The highest BCUT2D eigenvalue weighted by molar-refractivity contribution is 4.52. The first-order chi connectivity index (χ1) is 40.1. The molecule has 0 atom stereocenters. The number of rotatable bonds is 29. The molecule has 32 heavy (non-hydrogen) atoms. The third-order valence-corrected chi connectivity index (χ3v) is 1.84. The van der Waals surface area contributed by atoms with Gasteiger partial charge >= 0.3 is 0 Å². The van der Waals surface area contributed by atoms with E-state index in [0.717, 1.165) is 0 Å². The predicted molar refractivity (Wildman–Crippen MR) is 150 cm³/mol. The van der Waals surface area contributed by atoms with Crippen molar-refractivity contribution in [1.82, 2.24) is 0 Å². The van der Waals surface area contributed by atoms with E-state index in [4.69, 9.17) is 87.7 Å². The van der Waals surface area contributed by atoms with Crippen LogP contribution in [0.1, 0.15) is 293 Å². The molecule has 0 amide bonds. The molecule has 0 unspecified atom stereocenters. The highest BCUT2D eigenvalue weighted by Crippen LogP contribution is 2.16. The van der Waals surface area contributed by atoms with Gasteiger partial charge in [0.2, 0.25) is 0 Å². The van der Waals surface area contributed by atoms with Crippen molar-refractivity contribution in [1.29, 1.82) is 0 Å². The smallest absolute Gasteiger partial charge is 0.0267 e. The Morgan fingerprint density at radius 1 is 0.281 bits per heavy atom. The molecule has 0 heterocycles. The molecular formula is C32H66. The average Bonchev–Trinajstić information content (AvgIpc) is 3.36. The summed E-state index contributed by atoms with van der Waals surface area (Å²) in [7, 11) is 0. The standard InChI is InChI=1S/C32H66/c1-3-5-7-9-11-13-15-17-19-21-23-25-27-29-31-32-30-28-26-24-22-20-18-16-14-12-10-8-6-4-2/h3-32H2,1-2H3/i1D,2D3,3D2,4D2,5D2,6D2,7D2,8D2,9D2,10D2,11D2,12D2,13D2,14D2,15D2,16D2,17D2,18D2,19D2,20D2,21D2,22D2,23D2,24D2,25D2,26D2,27D2,28D2,29D2,30D2,31D2,32D2. The Labute approximate surface area is 296 Å². The maximum atomic E-state index is 8.48. The van der Waals surface area contributed by atoms with E-state index in [1.807, 2.05) is 0 Å². The molecule has 0 heteroatoms. The van der Waals surface area contributed by atoms with Crippen LogP contribution >= 0.6 is 0 Å². The van der Waals surface area contributed by atoms with E-state index in [9.17, 15) is 0 Å². The van der Waals surface area contributed by atoms with Crippen molar-refractivity contribution in [2.24, 2.45) is 0 Å². The zero-order valence-corrected chi connectivity index (χ0v) is 16.2. The van der Waals surface area contributed by atoms with Gasteiger partial charge in [0.1, 0.15) is 0 Å². The first-order valence-corrected chi connectivity index (χ1v) is 7.85. The predicted octanol–water partition coefficient (Wildman–Crippen LogP) is 12.7. The van der Waals surface area contributed by atoms with Crippen molar-refractivity contribution in [3.8, 4) is 0 Å². The summed E-state index contributed by atoms with van der Waals surface area (Å²) < 4.78 is 527. The molecule has 0 aliphatic carbocycles. The summed E-state index contributed by atoms with van der Waals surface area (Å²) in [5, 5.41) is 0. The van der Waals surface area contributed by atoms with Crippen molar-refractivity contribution in [2.45, 2.75) is 205 Å². The lowest BCUT2D eigenvalue weighted by atomic mass is 10.0. The SMILES string of the molecule is [2H]CC([2H])([2H])C([2H])([2H])C([2H])([2H])C([2H])([2H])C([2H])([2H])C([2H])([2H])C([2H])([2H])C([2H])([2H])C([2H])([2H])C([2H])([2H])C([2H])([2H])C([2H])([2H])C([2H])([2H])C([2H])([2H])C([2H])([2H])C([2H])([2H])C([2H])([2H])C([2H])([2H])C([2H])([2H])C([2H])([2H])C([2H])([2H])C([2H])([2H])C([2H])([2H])C([2H])([2H])C([2H])([2H])C([2H])([2H])C([2H])([2H])C([2H])([2H])C([2H])([2H])C([2H])([2H])C([2H])([2H])[2H]. The minimum absolute atomic E-state index is 1.78. The van der Waals surface area contributed by atoms with Gasteiger partial charge in [-0.2, -0.15) is 0 Å². The molecule has 0 nitrogen and oxygen atoms in total. The number of hydrogen-bond acceptors (Lipinski definition) is 0. The van der Waals surface area contributed by atoms with Gasteiger partial charge in [0.15, 0.2) is 0 Å². The summed E-state index contributed by atoms with van der Waals surface area (Å²) in [5.41, 5.74) is 0. The Balaban J connectivity index is 8.43. The largest absolute Gasteiger partial charge is 0.0654 e. The third-order valence-electron chi connectivity index (χ3n) is 1.84. The lowest BCUT2D eigenvalue weighted by Crippen LogP contribution is -1.85. The fourth-order valence-electron chi connectivity index (χ4n) is 0.888. The summed E-state index contributed by atoms with van der Waals surface area (Å²) in [4.78, 5) is 0. The van der Waals surface area contributed by atoms with E-state index in [-0.39, 0.29) is 0 Å². The van der Waals surface area contributed by atoms with Crippen LogP contribution in [0.3, 0.4) is 0 Å². The molecule has 0 saturated carbocycles. The van der Waals surface area contributed by atoms with Crippen molar-refractivity contribution >= 4 is 0 Å². The molecule has 0 bridgehead atoms. The monoisotopic (exact) mass is 515 g/mol. The lowest BCUT2D eigenvalue weighted by Gasteiger charge is -2.04. The Hall–Kier alpha value is 0. The first kappa shape index (κ1) is 3.41. The summed E-state index contributed by atoms with van der Waals surface area (Å²) >= 11 is 0. The molecule has 0 rings (SSSR count). The highest BCUT2D eigenvalue weighted by Gasteiger charge is 1.96. The van der Waals surface area contributed by atoms with Gasteiger partial charge in [0, 0.05) is 87.7 Å². The molecule has 0 aromatic carbocycles. The van der Waals surface area contributed by atoms with Gasteiger partial charge in [-0.05, 0) is 0 Å². The molecule has 0 aromatic heterocycles. The van der Waals surface area contributed by atoms with Gasteiger partial charge in [-0.3, -0.25) is 0 Å². The van der Waals surface area contributed by atoms with Gasteiger partial charge in [-0.1, -0.05) is 205 Å². The van der Waals surface area contributed by atoms with E-state index >= 15 is 0 Å². The van der Waals surface area contributed by atoms with Gasteiger partial charge in [-0.25, -0.2) is 0 Å². The van der Waals surface area contributed by atoms with Crippen LogP contribution in [0.15, 0.2) is 0 Å². The molecule has 0 spiro atoms. The zero-order valence-electron chi connectivity index (χ0n) is 80.2. The maximum absolute atomic E-state index is 8.48. The summed E-state index contributed by atoms with van der Waals surface area (Å²) in [6.45, 7) is -6.08. The molecule has 0 fully saturated rings. The second-order valence-corrected chi connectivity index (χ2v) is 3.80. The highest BCUT2D eigenvalue weighted by atomic mass is 14.0. The molecule has 0 radical (unpaired) electrons. The molecule has 0 saturated heterocycles. The minimum Gasteiger partial charge on any atom is -0.0654 e. The second kappa shape index (κ2) is 31.0. The molecule has 0 N–H and O–H groups in total. The molecular weight excluding hydrogens is 384 g/mol. The van der Waals surface area contributed by atoms with Gasteiger partial charge < -0.3 is 0 Å². The van der Waals surface area contributed by atoms with Crippen LogP contribution in [0.2, 0.25) is 0 Å². The Morgan fingerprint density at radius 2 is 0.469 bits per heavy atom. The zero-order chi connectivity index (χ0) is 80.2. The Kier molecular flexibility index (Phi) is 3.30. The second-order valence-electron chi connectivity index (χ2n) is 3.80. The fourth-order valence-corrected chi connectivity index (χ4v) is 0.888. The maximum Gasteiger partial charge on any atom is 0.0267 e.